The van der Waals surface area contributed by atoms with Gasteiger partial charge in [0.15, 0.2) is 0 Å². The molecule has 0 radical (unpaired) electrons. The van der Waals surface area contributed by atoms with Crippen molar-refractivity contribution in [2.75, 3.05) is 26.7 Å². The van der Waals surface area contributed by atoms with Crippen LogP contribution in [0.15, 0.2) is 18.2 Å². The van der Waals surface area contributed by atoms with Crippen LogP contribution in [0.25, 0.3) is 0 Å². The first-order chi connectivity index (χ1) is 10.2. The van der Waals surface area contributed by atoms with Gasteiger partial charge in [-0.05, 0) is 50.6 Å². The lowest BCUT2D eigenvalue weighted by Crippen LogP contribution is -2.42. The maximum absolute atomic E-state index is 10.6. The molecule has 4 heteroatoms. The fraction of sp³-hybridized carbons (Fsp3) is 0.647. The second-order valence-electron chi connectivity index (χ2n) is 6.20. The van der Waals surface area contributed by atoms with E-state index in [1.165, 1.54) is 0 Å². The number of benzene rings is 1. The number of ether oxygens (including phenoxy) is 2. The Kier molecular flexibility index (Phi) is 4.09. The van der Waals surface area contributed by atoms with E-state index in [4.69, 9.17) is 9.47 Å². The molecule has 0 amide bonds. The summed E-state index contributed by atoms with van der Waals surface area (Å²) in [5, 5.41) is 10.6. The molecule has 1 fully saturated rings. The SMILES string of the molecule is CCN1CCCC2(CC1)C[C@@H](O)c1cc(OC)ccc1O2. The maximum Gasteiger partial charge on any atom is 0.126 e. The summed E-state index contributed by atoms with van der Waals surface area (Å²) in [6, 6.07) is 5.72. The molecule has 3 rings (SSSR count). The minimum absolute atomic E-state index is 0.203. The van der Waals surface area contributed by atoms with E-state index in [2.05, 4.69) is 11.8 Å². The van der Waals surface area contributed by atoms with Crippen molar-refractivity contribution in [1.82, 2.24) is 4.90 Å². The first kappa shape index (κ1) is 14.7. The summed E-state index contributed by atoms with van der Waals surface area (Å²) in [7, 11) is 1.64. The van der Waals surface area contributed by atoms with Crippen molar-refractivity contribution < 1.29 is 14.6 Å². The van der Waals surface area contributed by atoms with E-state index >= 15 is 0 Å². The van der Waals surface area contributed by atoms with Gasteiger partial charge >= 0.3 is 0 Å². The molecule has 0 saturated carbocycles. The van der Waals surface area contributed by atoms with Crippen molar-refractivity contribution in [3.63, 3.8) is 0 Å². The smallest absolute Gasteiger partial charge is 0.126 e. The monoisotopic (exact) mass is 291 g/mol. The van der Waals surface area contributed by atoms with Crippen LogP contribution in [0.5, 0.6) is 11.5 Å². The van der Waals surface area contributed by atoms with Crippen molar-refractivity contribution in [2.45, 2.75) is 44.3 Å². The van der Waals surface area contributed by atoms with Gasteiger partial charge in [-0.3, -0.25) is 0 Å². The Labute approximate surface area is 126 Å². The van der Waals surface area contributed by atoms with Crippen molar-refractivity contribution in [2.24, 2.45) is 0 Å². The quantitative estimate of drug-likeness (QED) is 0.910. The topological polar surface area (TPSA) is 41.9 Å². The highest BCUT2D eigenvalue weighted by Gasteiger charge is 2.41. The predicted molar refractivity (Wildman–Crippen MR) is 81.9 cm³/mol. The molecule has 1 aromatic carbocycles. The Morgan fingerprint density at radius 2 is 2.24 bits per heavy atom. The highest BCUT2D eigenvalue weighted by Crippen LogP contribution is 2.45. The van der Waals surface area contributed by atoms with Crippen LogP contribution in [0.4, 0.5) is 0 Å². The molecule has 2 aliphatic rings. The lowest BCUT2D eigenvalue weighted by Gasteiger charge is -2.40. The van der Waals surface area contributed by atoms with E-state index in [0.717, 1.165) is 56.0 Å². The molecule has 2 atom stereocenters. The molecule has 4 nitrogen and oxygen atoms in total. The van der Waals surface area contributed by atoms with Crippen LogP contribution in [0.3, 0.4) is 0 Å². The predicted octanol–water partition coefficient (Wildman–Crippen LogP) is 2.76. The van der Waals surface area contributed by atoms with Gasteiger partial charge in [0, 0.05) is 18.5 Å². The molecule has 1 unspecified atom stereocenters. The van der Waals surface area contributed by atoms with E-state index < -0.39 is 6.10 Å². The number of aliphatic hydroxyl groups is 1. The van der Waals surface area contributed by atoms with E-state index in [0.29, 0.717) is 6.42 Å². The molecule has 21 heavy (non-hydrogen) atoms. The Bertz CT molecular complexity index is 505. The van der Waals surface area contributed by atoms with Gasteiger partial charge in [0.1, 0.15) is 17.1 Å². The number of likely N-dealkylation sites (tertiary alicyclic amines) is 1. The van der Waals surface area contributed by atoms with Gasteiger partial charge < -0.3 is 19.5 Å². The molecular weight excluding hydrogens is 266 g/mol. The van der Waals surface area contributed by atoms with Crippen molar-refractivity contribution >= 4 is 0 Å². The number of rotatable bonds is 2. The summed E-state index contributed by atoms with van der Waals surface area (Å²) < 4.78 is 11.6. The summed E-state index contributed by atoms with van der Waals surface area (Å²) in [5.41, 5.74) is 0.654. The van der Waals surface area contributed by atoms with Crippen LogP contribution in [0.1, 0.15) is 44.3 Å². The number of aliphatic hydroxyl groups excluding tert-OH is 1. The molecule has 1 saturated heterocycles. The van der Waals surface area contributed by atoms with Gasteiger partial charge in [0.2, 0.25) is 0 Å². The average Bonchev–Trinajstić information content (AvgIpc) is 2.69. The Hall–Kier alpha value is -1.26. The van der Waals surface area contributed by atoms with Gasteiger partial charge in [0.25, 0.3) is 0 Å². The Morgan fingerprint density at radius 3 is 3.00 bits per heavy atom. The van der Waals surface area contributed by atoms with Gasteiger partial charge in [-0.15, -0.1) is 0 Å². The van der Waals surface area contributed by atoms with Crippen LogP contribution in [0, 0.1) is 0 Å². The van der Waals surface area contributed by atoms with Crippen LogP contribution in [-0.4, -0.2) is 42.4 Å². The third-order valence-electron chi connectivity index (χ3n) is 4.91. The number of hydrogen-bond acceptors (Lipinski definition) is 4. The fourth-order valence-electron chi connectivity index (χ4n) is 3.59. The molecule has 2 heterocycles. The first-order valence-electron chi connectivity index (χ1n) is 7.93. The summed E-state index contributed by atoms with van der Waals surface area (Å²) >= 11 is 0. The van der Waals surface area contributed by atoms with Crippen LogP contribution in [0.2, 0.25) is 0 Å². The zero-order chi connectivity index (χ0) is 14.9. The lowest BCUT2D eigenvalue weighted by molar-refractivity contribution is -0.0239. The van der Waals surface area contributed by atoms with Gasteiger partial charge in [-0.2, -0.15) is 0 Å². The fourth-order valence-corrected chi connectivity index (χ4v) is 3.59. The number of hydrogen-bond donors (Lipinski definition) is 1. The van der Waals surface area contributed by atoms with Crippen molar-refractivity contribution in [1.29, 1.82) is 0 Å². The number of fused-ring (bicyclic) bond motifs is 1. The highest BCUT2D eigenvalue weighted by molar-refractivity contribution is 5.43. The second kappa shape index (κ2) is 5.85. The molecular formula is C17H25NO3. The highest BCUT2D eigenvalue weighted by atomic mass is 16.5. The standard InChI is InChI=1S/C17H25NO3/c1-3-18-9-4-7-17(8-10-18)12-15(19)14-11-13(20-2)5-6-16(14)21-17/h5-6,11,15,19H,3-4,7-10,12H2,1-2H3/t15-,17?/m1/s1. The zero-order valence-corrected chi connectivity index (χ0v) is 13.0. The van der Waals surface area contributed by atoms with Crippen LogP contribution in [-0.2, 0) is 0 Å². The van der Waals surface area contributed by atoms with E-state index in [-0.39, 0.29) is 5.60 Å². The summed E-state index contributed by atoms with van der Waals surface area (Å²) in [6.45, 7) is 5.48. The van der Waals surface area contributed by atoms with E-state index in [1.54, 1.807) is 7.11 Å². The van der Waals surface area contributed by atoms with E-state index in [9.17, 15) is 5.11 Å². The third-order valence-corrected chi connectivity index (χ3v) is 4.91. The van der Waals surface area contributed by atoms with Crippen LogP contribution >= 0.6 is 0 Å². The van der Waals surface area contributed by atoms with E-state index in [1.807, 2.05) is 18.2 Å². The second-order valence-corrected chi connectivity index (χ2v) is 6.20. The maximum atomic E-state index is 10.6. The minimum Gasteiger partial charge on any atom is -0.497 e. The molecule has 0 bridgehead atoms. The summed E-state index contributed by atoms with van der Waals surface area (Å²) in [6.07, 6.45) is 3.36. The van der Waals surface area contributed by atoms with Gasteiger partial charge in [-0.1, -0.05) is 6.92 Å². The average molecular weight is 291 g/mol. The molecule has 1 spiro atoms. The number of nitrogens with zero attached hydrogens (tertiary/aromatic N) is 1. The summed E-state index contributed by atoms with van der Waals surface area (Å²) in [5.74, 6) is 1.59. The molecule has 0 aliphatic carbocycles. The largest absolute Gasteiger partial charge is 0.497 e. The number of methoxy groups -OCH3 is 1. The van der Waals surface area contributed by atoms with Crippen molar-refractivity contribution in [3.8, 4) is 11.5 Å². The van der Waals surface area contributed by atoms with Crippen LogP contribution < -0.4 is 9.47 Å². The normalized spacial score (nSPS) is 29.6. The molecule has 116 valence electrons. The summed E-state index contributed by atoms with van der Waals surface area (Å²) in [4.78, 5) is 2.47. The Balaban J connectivity index is 1.84. The lowest BCUT2D eigenvalue weighted by atomic mass is 9.83. The third kappa shape index (κ3) is 2.87. The first-order valence-corrected chi connectivity index (χ1v) is 7.93. The zero-order valence-electron chi connectivity index (χ0n) is 13.0. The Morgan fingerprint density at radius 1 is 1.38 bits per heavy atom. The molecule has 2 aliphatic heterocycles. The molecule has 1 N–H and O–H groups in total. The van der Waals surface area contributed by atoms with Gasteiger partial charge in [0.05, 0.1) is 13.2 Å². The minimum atomic E-state index is -0.461. The van der Waals surface area contributed by atoms with Gasteiger partial charge in [-0.25, -0.2) is 0 Å². The molecule has 1 aromatic rings. The van der Waals surface area contributed by atoms with Crippen molar-refractivity contribution in [3.05, 3.63) is 23.8 Å². The molecule has 0 aromatic heterocycles.